The minimum atomic E-state index is -4.67. The van der Waals surface area contributed by atoms with Gasteiger partial charge in [-0.1, -0.05) is 23.7 Å². The molecule has 10 nitrogen and oxygen atoms in total. The van der Waals surface area contributed by atoms with E-state index < -0.39 is 60.6 Å². The van der Waals surface area contributed by atoms with Gasteiger partial charge in [-0.3, -0.25) is 9.36 Å². The number of hydrogen-bond acceptors (Lipinski definition) is 6. The molecule has 0 aliphatic carbocycles. The van der Waals surface area contributed by atoms with Gasteiger partial charge in [0.05, 0.1) is 24.7 Å². The Kier molecular flexibility index (Phi) is 8.92. The highest BCUT2D eigenvalue weighted by molar-refractivity contribution is 6.30. The number of ether oxygens (including phenoxy) is 1. The van der Waals surface area contributed by atoms with Crippen molar-refractivity contribution in [2.75, 3.05) is 19.7 Å². The maximum absolute atomic E-state index is 13.8. The van der Waals surface area contributed by atoms with Crippen LogP contribution in [-0.4, -0.2) is 68.1 Å². The van der Waals surface area contributed by atoms with Crippen LogP contribution in [0.15, 0.2) is 53.3 Å². The molecule has 2 heterocycles. The Hall–Kier alpha value is -3.98. The lowest BCUT2D eigenvalue weighted by Crippen LogP contribution is -2.42. The lowest BCUT2D eigenvalue weighted by molar-refractivity contribution is -0.137. The molecule has 0 spiro atoms. The number of amides is 2. The summed E-state index contributed by atoms with van der Waals surface area (Å²) >= 11 is 5.91. The number of benzene rings is 2. The molecule has 1 unspecified atom stereocenters. The monoisotopic (exact) mass is 617 g/mol. The summed E-state index contributed by atoms with van der Waals surface area (Å²) in [6.07, 6.45) is -7.65. The van der Waals surface area contributed by atoms with Crippen LogP contribution < -0.4 is 11.0 Å². The summed E-state index contributed by atoms with van der Waals surface area (Å²) in [6, 6.07) is 8.88. The fourth-order valence-corrected chi connectivity index (χ4v) is 4.33. The zero-order valence-electron chi connectivity index (χ0n) is 21.9. The zero-order valence-corrected chi connectivity index (χ0v) is 22.7. The van der Waals surface area contributed by atoms with Crippen LogP contribution in [0.4, 0.5) is 26.7 Å². The lowest BCUT2D eigenvalue weighted by Gasteiger charge is -2.24. The molecule has 4 rings (SSSR count). The van der Waals surface area contributed by atoms with E-state index in [0.29, 0.717) is 16.6 Å². The van der Waals surface area contributed by atoms with E-state index in [1.165, 1.54) is 35.2 Å². The number of rotatable bonds is 10. The number of aliphatic hydroxyl groups is 1. The predicted octanol–water partition coefficient (Wildman–Crippen LogP) is 3.71. The Labute approximate surface area is 240 Å². The highest BCUT2D eigenvalue weighted by Gasteiger charge is 2.35. The molecule has 3 aromatic rings. The maximum Gasteiger partial charge on any atom is 0.416 e. The van der Waals surface area contributed by atoms with Gasteiger partial charge in [0.15, 0.2) is 5.82 Å². The Bertz CT molecular complexity index is 1500. The van der Waals surface area contributed by atoms with Crippen molar-refractivity contribution in [1.82, 2.24) is 24.6 Å². The summed E-state index contributed by atoms with van der Waals surface area (Å²) in [7, 11) is 0. The van der Waals surface area contributed by atoms with Crippen molar-refractivity contribution < 1.29 is 41.4 Å². The van der Waals surface area contributed by atoms with Gasteiger partial charge in [-0.15, -0.1) is 5.10 Å². The highest BCUT2D eigenvalue weighted by atomic mass is 35.5. The van der Waals surface area contributed by atoms with Gasteiger partial charge in [0.25, 0.3) is 5.92 Å². The number of aromatic nitrogens is 3. The fraction of sp³-hybridized carbons (Fsp3) is 0.385. The number of hydrogen-bond donors (Lipinski definition) is 2. The molecule has 1 saturated heterocycles. The van der Waals surface area contributed by atoms with Gasteiger partial charge in [0.2, 0.25) is 5.91 Å². The molecule has 1 aliphatic rings. The van der Waals surface area contributed by atoms with Crippen molar-refractivity contribution in [2.45, 2.75) is 44.3 Å². The summed E-state index contributed by atoms with van der Waals surface area (Å²) in [5.74, 6) is -4.58. The summed E-state index contributed by atoms with van der Waals surface area (Å²) in [5, 5.41) is 16.9. The Balaban J connectivity index is 1.64. The van der Waals surface area contributed by atoms with Crippen molar-refractivity contribution in [3.8, 4) is 11.4 Å². The summed E-state index contributed by atoms with van der Waals surface area (Å²) in [5.41, 5.74) is -1.67. The second-order valence-corrected chi connectivity index (χ2v) is 10.1. The van der Waals surface area contributed by atoms with E-state index >= 15 is 0 Å². The second-order valence-electron chi connectivity index (χ2n) is 9.66. The van der Waals surface area contributed by atoms with E-state index in [1.54, 1.807) is 0 Å². The Morgan fingerprint density at radius 1 is 1.12 bits per heavy atom. The van der Waals surface area contributed by atoms with Crippen LogP contribution >= 0.6 is 11.6 Å². The van der Waals surface area contributed by atoms with Crippen LogP contribution in [-0.2, 0) is 28.8 Å². The van der Waals surface area contributed by atoms with Crippen LogP contribution in [0.5, 0.6) is 0 Å². The SMILES string of the molecule is CC(F)(F)[C@@H](O)Cn1c(-c2ccc(Cl)cc2)nn(CC(=O)NC(CN2CCOC2=O)c2cccc(C(F)(F)F)c2)c1=O. The molecule has 0 saturated carbocycles. The number of nitrogens with zero attached hydrogens (tertiary/aromatic N) is 4. The fourth-order valence-electron chi connectivity index (χ4n) is 4.21. The third kappa shape index (κ3) is 7.26. The first-order valence-electron chi connectivity index (χ1n) is 12.5. The van der Waals surface area contributed by atoms with E-state index in [0.717, 1.165) is 22.8 Å². The molecular weight excluding hydrogens is 593 g/mol. The number of carbonyl (C=O) groups excluding carboxylic acids is 2. The third-order valence-electron chi connectivity index (χ3n) is 6.46. The molecule has 2 amide bonds. The average Bonchev–Trinajstić information content (AvgIpc) is 3.45. The molecule has 2 N–H and O–H groups in total. The van der Waals surface area contributed by atoms with E-state index in [2.05, 4.69) is 10.4 Å². The minimum absolute atomic E-state index is 0.0332. The molecular formula is C26H25ClF5N5O5. The van der Waals surface area contributed by atoms with Gasteiger partial charge < -0.3 is 20.1 Å². The first-order chi connectivity index (χ1) is 19.6. The first kappa shape index (κ1) is 31.0. The smallest absolute Gasteiger partial charge is 0.416 e. The van der Waals surface area contributed by atoms with Gasteiger partial charge in [-0.2, -0.15) is 13.2 Å². The summed E-state index contributed by atoms with van der Waals surface area (Å²) in [4.78, 5) is 39.5. The third-order valence-corrected chi connectivity index (χ3v) is 6.71. The number of cyclic esters (lactones) is 1. The Morgan fingerprint density at radius 3 is 2.40 bits per heavy atom. The average molecular weight is 618 g/mol. The molecule has 226 valence electrons. The van der Waals surface area contributed by atoms with Crippen molar-refractivity contribution in [2.24, 2.45) is 0 Å². The minimum Gasteiger partial charge on any atom is -0.448 e. The normalized spacial score (nSPS) is 15.4. The van der Waals surface area contributed by atoms with E-state index in [4.69, 9.17) is 16.3 Å². The van der Waals surface area contributed by atoms with Crippen molar-refractivity contribution in [3.05, 3.63) is 75.2 Å². The number of alkyl halides is 5. The highest BCUT2D eigenvalue weighted by Crippen LogP contribution is 2.31. The summed E-state index contributed by atoms with van der Waals surface area (Å²) < 4.78 is 73.9. The lowest BCUT2D eigenvalue weighted by atomic mass is 10.0. The van der Waals surface area contributed by atoms with Crippen LogP contribution in [0.1, 0.15) is 24.1 Å². The number of nitrogens with one attached hydrogen (secondary N) is 1. The number of aliphatic hydroxyl groups excluding tert-OH is 1. The van der Waals surface area contributed by atoms with E-state index in [1.807, 2.05) is 0 Å². The molecule has 2 atom stereocenters. The predicted molar refractivity (Wildman–Crippen MR) is 139 cm³/mol. The second kappa shape index (κ2) is 12.1. The van der Waals surface area contributed by atoms with Crippen LogP contribution in [0.2, 0.25) is 5.02 Å². The van der Waals surface area contributed by atoms with Crippen molar-refractivity contribution in [3.63, 3.8) is 0 Å². The van der Waals surface area contributed by atoms with Crippen molar-refractivity contribution >= 4 is 23.6 Å². The van der Waals surface area contributed by atoms with Gasteiger partial charge in [-0.05, 0) is 42.0 Å². The topological polar surface area (TPSA) is 119 Å². The molecule has 1 aromatic heterocycles. The van der Waals surface area contributed by atoms with E-state index in [-0.39, 0.29) is 36.6 Å². The number of carbonyl (C=O) groups is 2. The summed E-state index contributed by atoms with van der Waals surface area (Å²) in [6.45, 7) is -1.17. The molecule has 42 heavy (non-hydrogen) atoms. The standard InChI is InChI=1S/C26H25ClF5N5O5/c1-25(28,29)20(38)13-36-22(15-5-7-18(27)8-6-15)34-37(23(36)40)14-21(39)33-19(12-35-9-10-42-24(35)41)16-3-2-4-17(11-16)26(30,31)32/h2-8,11,19-20,38H,9-10,12-14H2,1H3,(H,33,39)/t19?,20-/m0/s1. The maximum atomic E-state index is 13.8. The van der Waals surface area contributed by atoms with Gasteiger partial charge in [-0.25, -0.2) is 23.1 Å². The van der Waals surface area contributed by atoms with Gasteiger partial charge in [0, 0.05) is 24.1 Å². The van der Waals surface area contributed by atoms with Crippen LogP contribution in [0.25, 0.3) is 11.4 Å². The largest absolute Gasteiger partial charge is 0.448 e. The van der Waals surface area contributed by atoms with Crippen LogP contribution in [0.3, 0.4) is 0 Å². The molecule has 0 bridgehead atoms. The first-order valence-corrected chi connectivity index (χ1v) is 12.9. The molecule has 16 heteroatoms. The van der Waals surface area contributed by atoms with Gasteiger partial charge >= 0.3 is 18.0 Å². The molecule has 2 aromatic carbocycles. The Morgan fingerprint density at radius 2 is 1.81 bits per heavy atom. The van der Waals surface area contributed by atoms with Crippen molar-refractivity contribution in [1.29, 1.82) is 0 Å². The van der Waals surface area contributed by atoms with E-state index in [9.17, 15) is 41.4 Å². The van der Waals surface area contributed by atoms with Crippen LogP contribution in [0, 0.1) is 0 Å². The quantitative estimate of drug-likeness (QED) is 0.335. The number of halogens is 6. The zero-order chi connectivity index (χ0) is 30.8. The molecule has 1 aliphatic heterocycles. The molecule has 1 fully saturated rings. The molecule has 0 radical (unpaired) electrons. The van der Waals surface area contributed by atoms with Gasteiger partial charge in [0.1, 0.15) is 19.3 Å².